The number of carbonyl (C=O) groups is 1. The molecule has 2 fully saturated rings. The highest BCUT2D eigenvalue weighted by atomic mass is 32.2. The summed E-state index contributed by atoms with van der Waals surface area (Å²) < 4.78 is 12.2. The van der Waals surface area contributed by atoms with Crippen LogP contribution in [0.3, 0.4) is 0 Å². The van der Waals surface area contributed by atoms with Crippen LogP contribution in [-0.2, 0) is 4.74 Å². The SMILES string of the molecule is CC(=O)c1ccc(OC2CCOC3(CCSC3)C2)c(C)c1. The first kappa shape index (κ1) is 14.9. The number of hydrogen-bond donors (Lipinski definition) is 0. The van der Waals surface area contributed by atoms with Crippen LogP contribution in [0.1, 0.15) is 42.1 Å². The zero-order valence-corrected chi connectivity index (χ0v) is 13.5. The van der Waals surface area contributed by atoms with Gasteiger partial charge in [0.1, 0.15) is 11.9 Å². The number of ether oxygens (including phenoxy) is 2. The lowest BCUT2D eigenvalue weighted by Gasteiger charge is -2.37. The van der Waals surface area contributed by atoms with Gasteiger partial charge in [-0.1, -0.05) is 0 Å². The van der Waals surface area contributed by atoms with Gasteiger partial charge in [-0.15, -0.1) is 0 Å². The number of hydrogen-bond acceptors (Lipinski definition) is 4. The molecule has 2 atom stereocenters. The molecule has 1 aromatic carbocycles. The number of thioether (sulfide) groups is 1. The average molecular weight is 306 g/mol. The molecular weight excluding hydrogens is 284 g/mol. The molecule has 0 bridgehead atoms. The van der Waals surface area contributed by atoms with Gasteiger partial charge in [0.25, 0.3) is 0 Å². The second kappa shape index (κ2) is 6.01. The van der Waals surface area contributed by atoms with Crippen molar-refractivity contribution in [2.75, 3.05) is 18.1 Å². The molecule has 0 saturated carbocycles. The molecule has 1 spiro atoms. The molecule has 0 aliphatic carbocycles. The molecule has 0 amide bonds. The van der Waals surface area contributed by atoms with Crippen molar-refractivity contribution >= 4 is 17.5 Å². The molecule has 0 radical (unpaired) electrons. The van der Waals surface area contributed by atoms with E-state index in [1.54, 1.807) is 6.92 Å². The third-order valence-electron chi connectivity index (χ3n) is 4.39. The Morgan fingerprint density at radius 2 is 2.33 bits per heavy atom. The van der Waals surface area contributed by atoms with Crippen molar-refractivity contribution in [3.05, 3.63) is 29.3 Å². The Kier molecular flexibility index (Phi) is 4.27. The Balaban J connectivity index is 1.70. The Bertz CT molecular complexity index is 535. The predicted octanol–water partition coefficient (Wildman–Crippen LogP) is 3.63. The van der Waals surface area contributed by atoms with E-state index < -0.39 is 0 Å². The van der Waals surface area contributed by atoms with E-state index in [0.717, 1.165) is 48.5 Å². The zero-order chi connectivity index (χ0) is 14.9. The topological polar surface area (TPSA) is 35.5 Å². The fourth-order valence-electron chi connectivity index (χ4n) is 3.13. The maximum absolute atomic E-state index is 11.4. The highest BCUT2D eigenvalue weighted by Gasteiger charge is 2.41. The minimum Gasteiger partial charge on any atom is -0.490 e. The average Bonchev–Trinajstić information content (AvgIpc) is 2.89. The summed E-state index contributed by atoms with van der Waals surface area (Å²) in [6, 6.07) is 5.70. The van der Waals surface area contributed by atoms with E-state index in [4.69, 9.17) is 9.47 Å². The standard InChI is InChI=1S/C17H22O3S/c1-12-9-14(13(2)18)3-4-16(12)20-15-5-7-19-17(10-15)6-8-21-11-17/h3-4,9,15H,5-8,10-11H2,1-2H3. The number of rotatable bonds is 3. The monoisotopic (exact) mass is 306 g/mol. The van der Waals surface area contributed by atoms with Crippen LogP contribution in [-0.4, -0.2) is 35.6 Å². The molecule has 2 saturated heterocycles. The molecular formula is C17H22O3S. The maximum Gasteiger partial charge on any atom is 0.159 e. The van der Waals surface area contributed by atoms with Crippen molar-refractivity contribution in [2.45, 2.75) is 44.8 Å². The van der Waals surface area contributed by atoms with Gasteiger partial charge in [-0.05, 0) is 49.8 Å². The lowest BCUT2D eigenvalue weighted by Crippen LogP contribution is -2.43. The highest BCUT2D eigenvalue weighted by Crippen LogP contribution is 2.39. The van der Waals surface area contributed by atoms with Gasteiger partial charge in [0, 0.05) is 24.2 Å². The molecule has 3 rings (SSSR count). The first-order chi connectivity index (χ1) is 10.1. The molecule has 114 valence electrons. The summed E-state index contributed by atoms with van der Waals surface area (Å²) in [6.45, 7) is 4.38. The van der Waals surface area contributed by atoms with E-state index in [1.165, 1.54) is 5.75 Å². The summed E-state index contributed by atoms with van der Waals surface area (Å²) in [5, 5.41) is 0. The molecule has 0 N–H and O–H groups in total. The van der Waals surface area contributed by atoms with Crippen molar-refractivity contribution in [2.24, 2.45) is 0 Å². The van der Waals surface area contributed by atoms with Crippen LogP contribution in [0.5, 0.6) is 5.75 Å². The first-order valence-corrected chi connectivity index (χ1v) is 8.73. The van der Waals surface area contributed by atoms with Gasteiger partial charge in [-0.25, -0.2) is 0 Å². The van der Waals surface area contributed by atoms with Crippen molar-refractivity contribution in [1.29, 1.82) is 0 Å². The largest absolute Gasteiger partial charge is 0.490 e. The predicted molar refractivity (Wildman–Crippen MR) is 85.5 cm³/mol. The molecule has 2 aliphatic heterocycles. The Morgan fingerprint density at radius 1 is 1.48 bits per heavy atom. The van der Waals surface area contributed by atoms with Crippen LogP contribution in [0.15, 0.2) is 18.2 Å². The zero-order valence-electron chi connectivity index (χ0n) is 12.7. The van der Waals surface area contributed by atoms with Crippen LogP contribution in [0.4, 0.5) is 0 Å². The summed E-state index contributed by atoms with van der Waals surface area (Å²) in [7, 11) is 0. The van der Waals surface area contributed by atoms with E-state index in [-0.39, 0.29) is 17.5 Å². The minimum absolute atomic E-state index is 0.0425. The molecule has 3 nitrogen and oxygen atoms in total. The van der Waals surface area contributed by atoms with Crippen molar-refractivity contribution in [3.8, 4) is 5.75 Å². The lowest BCUT2D eigenvalue weighted by molar-refractivity contribution is -0.0959. The fourth-order valence-corrected chi connectivity index (χ4v) is 4.51. The van der Waals surface area contributed by atoms with E-state index in [2.05, 4.69) is 0 Å². The second-order valence-electron chi connectivity index (χ2n) is 6.10. The molecule has 2 heterocycles. The summed E-state index contributed by atoms with van der Waals surface area (Å²) in [4.78, 5) is 11.4. The van der Waals surface area contributed by atoms with E-state index in [0.29, 0.717) is 0 Å². The van der Waals surface area contributed by atoms with E-state index in [1.807, 2.05) is 36.9 Å². The molecule has 0 aromatic heterocycles. The summed E-state index contributed by atoms with van der Waals surface area (Å²) in [5.41, 5.74) is 1.82. The van der Waals surface area contributed by atoms with Gasteiger partial charge in [0.15, 0.2) is 5.78 Å². The fraction of sp³-hybridized carbons (Fsp3) is 0.588. The first-order valence-electron chi connectivity index (χ1n) is 7.58. The number of Topliss-reactive ketones (excluding diaryl/α,β-unsaturated/α-hetero) is 1. The molecule has 1 aromatic rings. The van der Waals surface area contributed by atoms with Crippen molar-refractivity contribution in [3.63, 3.8) is 0 Å². The quantitative estimate of drug-likeness (QED) is 0.799. The van der Waals surface area contributed by atoms with Crippen molar-refractivity contribution in [1.82, 2.24) is 0 Å². The van der Waals surface area contributed by atoms with Gasteiger partial charge in [0.2, 0.25) is 0 Å². The van der Waals surface area contributed by atoms with Crippen LogP contribution in [0, 0.1) is 6.92 Å². The van der Waals surface area contributed by atoms with Crippen LogP contribution < -0.4 is 4.74 Å². The van der Waals surface area contributed by atoms with Gasteiger partial charge >= 0.3 is 0 Å². The molecule has 21 heavy (non-hydrogen) atoms. The number of benzene rings is 1. The molecule has 2 unspecified atom stereocenters. The second-order valence-corrected chi connectivity index (χ2v) is 7.21. The van der Waals surface area contributed by atoms with Crippen LogP contribution >= 0.6 is 11.8 Å². The Labute approximate surface area is 130 Å². The van der Waals surface area contributed by atoms with Crippen LogP contribution in [0.25, 0.3) is 0 Å². The summed E-state index contributed by atoms with van der Waals surface area (Å²) >= 11 is 1.98. The van der Waals surface area contributed by atoms with E-state index in [9.17, 15) is 4.79 Å². The normalized spacial score (nSPS) is 28.8. The summed E-state index contributed by atoms with van der Waals surface area (Å²) in [5.74, 6) is 3.28. The van der Waals surface area contributed by atoms with Crippen LogP contribution in [0.2, 0.25) is 0 Å². The van der Waals surface area contributed by atoms with Crippen molar-refractivity contribution < 1.29 is 14.3 Å². The Hall–Kier alpha value is -1.00. The number of ketones is 1. The van der Waals surface area contributed by atoms with Gasteiger partial charge < -0.3 is 9.47 Å². The third kappa shape index (κ3) is 3.27. The minimum atomic E-state index is 0.0425. The van der Waals surface area contributed by atoms with Gasteiger partial charge in [0.05, 0.1) is 12.2 Å². The van der Waals surface area contributed by atoms with Gasteiger partial charge in [-0.2, -0.15) is 11.8 Å². The number of carbonyl (C=O) groups excluding carboxylic acids is 1. The Morgan fingerprint density at radius 3 is 3.00 bits per heavy atom. The third-order valence-corrected chi connectivity index (χ3v) is 5.61. The highest BCUT2D eigenvalue weighted by molar-refractivity contribution is 7.99. The molecule has 4 heteroatoms. The number of aryl methyl sites for hydroxylation is 1. The smallest absolute Gasteiger partial charge is 0.159 e. The maximum atomic E-state index is 11.4. The lowest BCUT2D eigenvalue weighted by atomic mass is 9.91. The summed E-state index contributed by atoms with van der Waals surface area (Å²) in [6.07, 6.45) is 3.29. The van der Waals surface area contributed by atoms with Gasteiger partial charge in [-0.3, -0.25) is 4.79 Å². The molecule has 2 aliphatic rings. The van der Waals surface area contributed by atoms with E-state index >= 15 is 0 Å².